The van der Waals surface area contributed by atoms with Crippen LogP contribution in [0.3, 0.4) is 0 Å². The highest BCUT2D eigenvalue weighted by Gasteiger charge is 2.48. The van der Waals surface area contributed by atoms with Crippen molar-refractivity contribution in [3.05, 3.63) is 22.7 Å². The Morgan fingerprint density at radius 3 is 2.84 bits per heavy atom. The lowest BCUT2D eigenvalue weighted by Crippen LogP contribution is -2.39. The summed E-state index contributed by atoms with van der Waals surface area (Å²) < 4.78 is 24.7. The van der Waals surface area contributed by atoms with Crippen LogP contribution in [0.4, 0.5) is 5.82 Å². The number of nitrogen functional groups attached to an aromatic ring is 1. The molecule has 0 saturated carbocycles. The average molecular weight is 375 g/mol. The number of aliphatic hydroxyl groups is 1. The number of quaternary nitrogens is 1. The van der Waals surface area contributed by atoms with Gasteiger partial charge in [0.2, 0.25) is 0 Å². The standard InChI is InChI=1S/C14H23N4O6P/c1-18(6-2-3-7-18)25(21,22)23-9-11-10(19)8-13(24-11)17-5-4-12(15)16-14(17)20/h4-5,10-11,13,19H,2-3,6-9H2,1H3,(H2-,15,16,20,21,22)/p+1/t10-,11+,13+/m0/s1. The first-order valence-corrected chi connectivity index (χ1v) is 9.75. The fourth-order valence-corrected chi connectivity index (χ4v) is 4.67. The first kappa shape index (κ1) is 18.5. The summed E-state index contributed by atoms with van der Waals surface area (Å²) in [5, 5.41) is 10.2. The Balaban J connectivity index is 1.64. The molecule has 3 rings (SSSR count). The van der Waals surface area contributed by atoms with E-state index in [4.69, 9.17) is 15.0 Å². The molecule has 140 valence electrons. The van der Waals surface area contributed by atoms with E-state index < -0.39 is 31.9 Å². The molecule has 2 aliphatic rings. The smallest absolute Gasteiger partial charge is 0.390 e. The van der Waals surface area contributed by atoms with Gasteiger partial charge in [0.1, 0.15) is 18.1 Å². The lowest BCUT2D eigenvalue weighted by Gasteiger charge is -2.32. The Morgan fingerprint density at radius 2 is 2.20 bits per heavy atom. The quantitative estimate of drug-likeness (QED) is 0.604. The molecule has 0 aliphatic carbocycles. The van der Waals surface area contributed by atoms with Crippen LogP contribution < -0.4 is 11.4 Å². The third-order valence-electron chi connectivity index (χ3n) is 4.91. The second kappa shape index (κ2) is 6.79. The molecule has 10 nitrogen and oxygen atoms in total. The molecule has 0 spiro atoms. The van der Waals surface area contributed by atoms with Gasteiger partial charge in [-0.15, -0.1) is 0 Å². The van der Waals surface area contributed by atoms with E-state index in [2.05, 4.69) is 4.98 Å². The number of hydrogen-bond donors (Lipinski definition) is 3. The van der Waals surface area contributed by atoms with E-state index >= 15 is 0 Å². The van der Waals surface area contributed by atoms with Gasteiger partial charge in [0.15, 0.2) is 0 Å². The molecule has 0 radical (unpaired) electrons. The van der Waals surface area contributed by atoms with Gasteiger partial charge in [0, 0.05) is 25.5 Å². The number of anilines is 1. The van der Waals surface area contributed by atoms with Gasteiger partial charge in [-0.1, -0.05) is 0 Å². The van der Waals surface area contributed by atoms with Gasteiger partial charge in [0.05, 0.1) is 32.8 Å². The lowest BCUT2D eigenvalue weighted by molar-refractivity contribution is -0.789. The molecule has 25 heavy (non-hydrogen) atoms. The molecule has 4 N–H and O–H groups in total. The van der Waals surface area contributed by atoms with Crippen molar-refractivity contribution in [2.75, 3.05) is 32.5 Å². The number of ether oxygens (including phenoxy) is 1. The number of likely N-dealkylation sites (tertiary alicyclic amines) is 1. The molecule has 4 atom stereocenters. The Kier molecular flexibility index (Phi) is 5.02. The van der Waals surface area contributed by atoms with Crippen LogP contribution in [-0.2, 0) is 13.8 Å². The highest BCUT2D eigenvalue weighted by atomic mass is 31.2. The van der Waals surface area contributed by atoms with E-state index in [-0.39, 0.29) is 23.1 Å². The van der Waals surface area contributed by atoms with Gasteiger partial charge in [-0.2, -0.15) is 4.98 Å². The molecule has 2 aliphatic heterocycles. The van der Waals surface area contributed by atoms with Crippen LogP contribution in [0.25, 0.3) is 0 Å². The zero-order valence-electron chi connectivity index (χ0n) is 14.0. The third-order valence-corrected chi connectivity index (χ3v) is 7.02. The van der Waals surface area contributed by atoms with Crippen molar-refractivity contribution < 1.29 is 28.1 Å². The molecular weight excluding hydrogens is 351 g/mol. The molecule has 2 fully saturated rings. The minimum Gasteiger partial charge on any atom is -0.390 e. The Labute approximate surface area is 145 Å². The van der Waals surface area contributed by atoms with Crippen molar-refractivity contribution in [2.24, 2.45) is 0 Å². The van der Waals surface area contributed by atoms with E-state index in [1.165, 1.54) is 16.8 Å². The minimum atomic E-state index is -3.89. The fourth-order valence-electron chi connectivity index (χ4n) is 3.26. The van der Waals surface area contributed by atoms with Crippen LogP contribution in [-0.4, -0.2) is 62.8 Å². The molecule has 1 aromatic rings. The second-order valence-corrected chi connectivity index (χ2v) is 8.96. The third kappa shape index (κ3) is 3.64. The predicted molar refractivity (Wildman–Crippen MR) is 88.4 cm³/mol. The van der Waals surface area contributed by atoms with E-state index in [0.717, 1.165) is 12.8 Å². The summed E-state index contributed by atoms with van der Waals surface area (Å²) in [7, 11) is -2.19. The minimum absolute atomic E-state index is 0.0272. The molecule has 0 amide bonds. The van der Waals surface area contributed by atoms with Crippen molar-refractivity contribution in [2.45, 2.75) is 37.7 Å². The largest absolute Gasteiger partial charge is 0.528 e. The molecule has 2 saturated heterocycles. The van der Waals surface area contributed by atoms with Crippen LogP contribution in [0.5, 0.6) is 0 Å². The van der Waals surface area contributed by atoms with Crippen LogP contribution in [0.15, 0.2) is 17.1 Å². The summed E-state index contributed by atoms with van der Waals surface area (Å²) in [6.07, 6.45) is 0.908. The highest BCUT2D eigenvalue weighted by molar-refractivity contribution is 7.46. The summed E-state index contributed by atoms with van der Waals surface area (Å²) in [4.78, 5) is 25.8. The van der Waals surface area contributed by atoms with Gasteiger partial charge < -0.3 is 15.6 Å². The molecule has 1 unspecified atom stereocenters. The maximum Gasteiger partial charge on any atom is 0.528 e. The zero-order valence-corrected chi connectivity index (χ0v) is 14.9. The van der Waals surface area contributed by atoms with Crippen LogP contribution >= 0.6 is 7.75 Å². The van der Waals surface area contributed by atoms with Crippen molar-refractivity contribution in [1.29, 1.82) is 0 Å². The fraction of sp³-hybridized carbons (Fsp3) is 0.714. The van der Waals surface area contributed by atoms with E-state index in [9.17, 15) is 19.4 Å². The second-order valence-electron chi connectivity index (χ2n) is 6.75. The van der Waals surface area contributed by atoms with Gasteiger partial charge in [0.25, 0.3) is 0 Å². The predicted octanol–water partition coefficient (Wildman–Crippen LogP) is -0.169. The topological polar surface area (TPSA) is 137 Å². The number of aliphatic hydroxyl groups excluding tert-OH is 1. The van der Waals surface area contributed by atoms with E-state index in [1.54, 1.807) is 7.05 Å². The maximum absolute atomic E-state index is 12.5. The first-order chi connectivity index (χ1) is 11.7. The Bertz CT molecular complexity index is 734. The highest BCUT2D eigenvalue weighted by Crippen LogP contribution is 2.54. The normalized spacial score (nSPS) is 31.1. The summed E-state index contributed by atoms with van der Waals surface area (Å²) in [5.41, 5.74) is 4.87. The first-order valence-electron chi connectivity index (χ1n) is 8.22. The Hall–Kier alpha value is -1.29. The van der Waals surface area contributed by atoms with Gasteiger partial charge in [-0.3, -0.25) is 14.0 Å². The van der Waals surface area contributed by atoms with Gasteiger partial charge in [-0.25, -0.2) is 13.6 Å². The summed E-state index contributed by atoms with van der Waals surface area (Å²) in [6, 6.07) is 1.46. The molecule has 0 bridgehead atoms. The van der Waals surface area contributed by atoms with Crippen molar-refractivity contribution in [1.82, 2.24) is 9.55 Å². The number of nitrogens with zero attached hydrogens (tertiary/aromatic N) is 3. The molecule has 1 aromatic heterocycles. The van der Waals surface area contributed by atoms with Crippen molar-refractivity contribution >= 4 is 13.6 Å². The summed E-state index contributed by atoms with van der Waals surface area (Å²) in [6.45, 7) is 0.935. The molecule has 11 heteroatoms. The molecule has 3 heterocycles. The van der Waals surface area contributed by atoms with Crippen LogP contribution in [0.1, 0.15) is 25.5 Å². The van der Waals surface area contributed by atoms with Crippen molar-refractivity contribution in [3.63, 3.8) is 0 Å². The van der Waals surface area contributed by atoms with Gasteiger partial charge >= 0.3 is 13.4 Å². The number of hydrogen-bond acceptors (Lipinski definition) is 7. The maximum atomic E-state index is 12.5. The van der Waals surface area contributed by atoms with Crippen LogP contribution in [0, 0.1) is 0 Å². The SMILES string of the molecule is C[N+]1(P(=O)(O)OC[C@H]2O[C@@H](n3ccc(N)nc3=O)C[C@@H]2O)CCCC1. The molecular formula is C14H24N4O6P+. The average Bonchev–Trinajstić information content (AvgIpc) is 3.13. The summed E-state index contributed by atoms with van der Waals surface area (Å²) in [5.74, 6) is 0.100. The monoisotopic (exact) mass is 375 g/mol. The Morgan fingerprint density at radius 1 is 1.52 bits per heavy atom. The van der Waals surface area contributed by atoms with Gasteiger partial charge in [-0.05, 0) is 6.07 Å². The molecule has 0 aromatic carbocycles. The van der Waals surface area contributed by atoms with E-state index in [1.807, 2.05) is 0 Å². The van der Waals surface area contributed by atoms with Crippen molar-refractivity contribution in [3.8, 4) is 0 Å². The number of aromatic nitrogens is 2. The number of rotatable bonds is 5. The zero-order chi connectivity index (χ0) is 18.2. The number of nitrogens with two attached hydrogens (primary N) is 1. The van der Waals surface area contributed by atoms with Crippen LogP contribution in [0.2, 0.25) is 0 Å². The van der Waals surface area contributed by atoms with E-state index in [0.29, 0.717) is 13.1 Å². The lowest BCUT2D eigenvalue weighted by atomic mass is 10.2. The summed E-state index contributed by atoms with van der Waals surface area (Å²) >= 11 is 0.